The van der Waals surface area contributed by atoms with Gasteiger partial charge in [-0.3, -0.25) is 0 Å². The maximum atomic E-state index is 8.16. The van der Waals surface area contributed by atoms with E-state index in [9.17, 15) is 0 Å². The Morgan fingerprint density at radius 1 is 1.04 bits per heavy atom. The largest absolute Gasteiger partial charge is 0.437 e. The van der Waals surface area contributed by atoms with Gasteiger partial charge in [0.25, 0.3) is 0 Å². The van der Waals surface area contributed by atoms with Gasteiger partial charge in [0, 0.05) is 33.2 Å². The van der Waals surface area contributed by atoms with Crippen LogP contribution in [0.5, 0.6) is 0 Å². The third-order valence-electron chi connectivity index (χ3n) is 5.00. The first-order valence-corrected chi connectivity index (χ1v) is 8.55. The fourth-order valence-electron chi connectivity index (χ4n) is 3.80. The van der Waals surface area contributed by atoms with Crippen molar-refractivity contribution < 1.29 is 13.1 Å². The summed E-state index contributed by atoms with van der Waals surface area (Å²) in [5.74, 6) is 0. The zero-order valence-electron chi connectivity index (χ0n) is 17.6. The average Bonchev–Trinajstić information content (AvgIpc) is 3.07. The Morgan fingerprint density at radius 3 is 2.73 bits per heavy atom. The van der Waals surface area contributed by atoms with Gasteiger partial charge >= 0.3 is 0 Å². The molecule has 3 nitrogen and oxygen atoms in total. The first-order chi connectivity index (χ1) is 13.9. The van der Waals surface area contributed by atoms with Gasteiger partial charge in [-0.25, -0.2) is 9.55 Å². The molecule has 0 saturated carbocycles. The van der Waals surface area contributed by atoms with Gasteiger partial charge in [0.15, 0.2) is 11.8 Å². The summed E-state index contributed by atoms with van der Waals surface area (Å²) in [6.45, 7) is -0.343. The lowest BCUT2D eigenvalue weighted by Crippen LogP contribution is -2.30. The Hall–Kier alpha value is -3.20. The highest BCUT2D eigenvalue weighted by molar-refractivity contribution is 6.20. The molecule has 0 N–H and O–H groups in total. The van der Waals surface area contributed by atoms with Gasteiger partial charge in [0.2, 0.25) is 11.4 Å². The molecule has 0 spiro atoms. The number of benzene rings is 2. The van der Waals surface area contributed by atoms with Crippen molar-refractivity contribution in [3.8, 4) is 11.3 Å². The predicted molar refractivity (Wildman–Crippen MR) is 105 cm³/mol. The van der Waals surface area contributed by atoms with Crippen LogP contribution in [0.1, 0.15) is 15.2 Å². The van der Waals surface area contributed by atoms with Crippen LogP contribution in [0.4, 0.5) is 0 Å². The second-order valence-corrected chi connectivity index (χ2v) is 6.64. The maximum Gasteiger partial charge on any atom is 0.227 e. The number of hydrogen-bond acceptors (Lipinski definition) is 2. The van der Waals surface area contributed by atoms with Crippen LogP contribution in [0, 0.1) is 13.8 Å². The first-order valence-electron chi connectivity index (χ1n) is 10.1. The van der Waals surface area contributed by atoms with E-state index in [1.165, 1.54) is 0 Å². The van der Waals surface area contributed by atoms with E-state index >= 15 is 0 Å². The molecule has 0 fully saturated rings. The summed E-state index contributed by atoms with van der Waals surface area (Å²) in [7, 11) is 1.97. The van der Waals surface area contributed by atoms with Crippen molar-refractivity contribution in [1.29, 1.82) is 0 Å². The summed E-state index contributed by atoms with van der Waals surface area (Å²) in [4.78, 5) is 4.50. The third kappa shape index (κ3) is 2.00. The van der Waals surface area contributed by atoms with Crippen LogP contribution in [-0.4, -0.2) is 4.98 Å². The Bertz CT molecular complexity index is 1420. The summed E-state index contributed by atoms with van der Waals surface area (Å²) in [5.41, 5.74) is 4.01. The van der Waals surface area contributed by atoms with Crippen LogP contribution >= 0.6 is 0 Å². The Morgan fingerprint density at radius 2 is 1.88 bits per heavy atom. The molecule has 0 amide bonds. The second kappa shape index (κ2) is 5.40. The van der Waals surface area contributed by atoms with Crippen molar-refractivity contribution in [3.63, 3.8) is 0 Å². The summed E-state index contributed by atoms with van der Waals surface area (Å²) in [6, 6.07) is 15.6. The van der Waals surface area contributed by atoms with Gasteiger partial charge in [0.1, 0.15) is 7.05 Å². The van der Waals surface area contributed by atoms with Crippen LogP contribution in [0.25, 0.3) is 44.1 Å². The van der Waals surface area contributed by atoms with E-state index in [2.05, 4.69) is 4.98 Å². The number of pyridine rings is 2. The van der Waals surface area contributed by atoms with E-state index in [1.807, 2.05) is 67.2 Å². The molecule has 5 rings (SSSR count). The van der Waals surface area contributed by atoms with Gasteiger partial charge in [-0.2, -0.15) is 0 Å². The molecule has 26 heavy (non-hydrogen) atoms. The number of aryl methyl sites for hydroxylation is 3. The number of hydrogen-bond donors (Lipinski definition) is 0. The fraction of sp³-hybridized carbons (Fsp3) is 0.130. The van der Waals surface area contributed by atoms with Crippen molar-refractivity contribution >= 4 is 32.8 Å². The smallest absolute Gasteiger partial charge is 0.227 e. The Kier molecular flexibility index (Phi) is 2.53. The molecule has 0 unspecified atom stereocenters. The summed E-state index contributed by atoms with van der Waals surface area (Å²) in [6.07, 6.45) is 3.73. The van der Waals surface area contributed by atoms with E-state index in [1.54, 1.807) is 12.3 Å². The Balaban J connectivity index is 2.06. The lowest BCUT2D eigenvalue weighted by molar-refractivity contribution is -0.660. The fourth-order valence-corrected chi connectivity index (χ4v) is 3.80. The van der Waals surface area contributed by atoms with Crippen molar-refractivity contribution in [2.75, 3.05) is 0 Å². The summed E-state index contributed by atoms with van der Waals surface area (Å²) in [5, 5.41) is 3.26. The molecule has 0 atom stereocenters. The normalized spacial score (nSPS) is 13.8. The molecular weight excluding hydrogens is 320 g/mol. The highest BCUT2D eigenvalue weighted by Gasteiger charge is 2.23. The van der Waals surface area contributed by atoms with Crippen LogP contribution in [0.2, 0.25) is 0 Å². The van der Waals surface area contributed by atoms with Gasteiger partial charge in [-0.15, -0.1) is 0 Å². The lowest BCUT2D eigenvalue weighted by atomic mass is 9.96. The van der Waals surface area contributed by atoms with Crippen LogP contribution in [0.3, 0.4) is 0 Å². The van der Waals surface area contributed by atoms with Crippen LogP contribution in [-0.2, 0) is 7.05 Å². The number of nitrogens with zero attached hydrogens (tertiary/aromatic N) is 2. The maximum absolute atomic E-state index is 8.16. The van der Waals surface area contributed by atoms with Crippen molar-refractivity contribution in [3.05, 3.63) is 72.1 Å². The first kappa shape index (κ1) is 12.2. The zero-order valence-corrected chi connectivity index (χ0v) is 14.6. The lowest BCUT2D eigenvalue weighted by Gasteiger charge is -2.07. The molecule has 0 aliphatic heterocycles. The SMILES string of the molecule is [2H]C([2H])([2H])c1cc(C)c(-c2cccc[n+]2C)c2oc3ncc4ccccc4c3c12. The minimum Gasteiger partial charge on any atom is -0.437 e. The van der Waals surface area contributed by atoms with E-state index in [0.717, 1.165) is 33.0 Å². The van der Waals surface area contributed by atoms with Crippen LogP contribution < -0.4 is 4.57 Å². The molecule has 3 heteroatoms. The van der Waals surface area contributed by atoms with E-state index < -0.39 is 6.85 Å². The number of rotatable bonds is 1. The minimum atomic E-state index is -2.27. The quantitative estimate of drug-likeness (QED) is 0.390. The molecule has 0 radical (unpaired) electrons. The van der Waals surface area contributed by atoms with Gasteiger partial charge < -0.3 is 4.42 Å². The van der Waals surface area contributed by atoms with Gasteiger partial charge in [0.05, 0.1) is 10.9 Å². The molecular formula is C23H19N2O+. The van der Waals surface area contributed by atoms with Gasteiger partial charge in [-0.05, 0) is 36.4 Å². The standard InChI is InChI=1S/C23H19N2O/c1-14-12-15(2)20-21-17-9-5-4-8-16(17)13-24-23(21)26-22(20)19(14)18-10-6-7-11-25(18)3/h4-13H,1-3H3/q+1/i2D3. The monoisotopic (exact) mass is 342 g/mol. The molecule has 126 valence electrons. The van der Waals surface area contributed by atoms with Crippen molar-refractivity contribution in [2.24, 2.45) is 7.05 Å². The van der Waals surface area contributed by atoms with Crippen molar-refractivity contribution in [1.82, 2.24) is 4.98 Å². The third-order valence-corrected chi connectivity index (χ3v) is 5.00. The number of furan rings is 1. The topological polar surface area (TPSA) is 29.9 Å². The molecule has 0 aliphatic rings. The average molecular weight is 342 g/mol. The van der Waals surface area contributed by atoms with Gasteiger partial charge in [-0.1, -0.05) is 30.3 Å². The zero-order chi connectivity index (χ0) is 20.3. The molecule has 0 saturated heterocycles. The highest BCUT2D eigenvalue weighted by atomic mass is 16.3. The molecule has 0 aliphatic carbocycles. The summed E-state index contributed by atoms with van der Waals surface area (Å²) < 4.78 is 32.7. The molecule has 3 aromatic heterocycles. The van der Waals surface area contributed by atoms with Crippen LogP contribution in [0.15, 0.2) is 65.3 Å². The van der Waals surface area contributed by atoms with E-state index in [-0.39, 0.29) is 0 Å². The highest BCUT2D eigenvalue weighted by Crippen LogP contribution is 2.40. The second-order valence-electron chi connectivity index (χ2n) is 6.64. The molecule has 3 heterocycles. The predicted octanol–water partition coefficient (Wildman–Crippen LogP) is 5.24. The number of fused-ring (bicyclic) bond motifs is 5. The van der Waals surface area contributed by atoms with E-state index in [4.69, 9.17) is 8.53 Å². The summed E-state index contributed by atoms with van der Waals surface area (Å²) >= 11 is 0. The molecule has 2 aromatic carbocycles. The Labute approximate surface area is 155 Å². The molecule has 0 bridgehead atoms. The van der Waals surface area contributed by atoms with Crippen molar-refractivity contribution in [2.45, 2.75) is 13.8 Å². The minimum absolute atomic E-state index is 0.296. The molecule has 5 aromatic rings. The number of aromatic nitrogens is 2. The van der Waals surface area contributed by atoms with E-state index in [0.29, 0.717) is 22.2 Å².